The van der Waals surface area contributed by atoms with Crippen LogP contribution in [0, 0.1) is 10.1 Å². The molecule has 100 valence electrons. The average molecular weight is 274 g/mol. The Morgan fingerprint density at radius 3 is 2.67 bits per heavy atom. The third kappa shape index (κ3) is 3.41. The van der Waals surface area contributed by atoms with Gasteiger partial charge in [-0.25, -0.2) is 0 Å². The monoisotopic (exact) mass is 274 g/mol. The van der Waals surface area contributed by atoms with Gasteiger partial charge >= 0.3 is 0 Å². The molecule has 0 aliphatic rings. The van der Waals surface area contributed by atoms with E-state index in [1.54, 1.807) is 0 Å². The molecule has 0 fully saturated rings. The van der Waals surface area contributed by atoms with Crippen LogP contribution < -0.4 is 5.73 Å². The summed E-state index contributed by atoms with van der Waals surface area (Å²) in [5.41, 5.74) is 5.08. The molecular weight excluding hydrogens is 260 g/mol. The maximum Gasteiger partial charge on any atom is 0.299 e. The van der Waals surface area contributed by atoms with Gasteiger partial charge in [0.15, 0.2) is 0 Å². The van der Waals surface area contributed by atoms with E-state index in [2.05, 4.69) is 0 Å². The first-order chi connectivity index (χ1) is 8.38. The highest BCUT2D eigenvalue weighted by Crippen LogP contribution is 2.25. The van der Waals surface area contributed by atoms with E-state index in [1.807, 2.05) is 6.92 Å². The van der Waals surface area contributed by atoms with Crippen LogP contribution >= 0.6 is 0 Å². The first-order valence-electron chi connectivity index (χ1n) is 5.32. The quantitative estimate of drug-likeness (QED) is 0.277. The second-order valence-corrected chi connectivity index (χ2v) is 5.19. The maximum atomic E-state index is 11.8. The number of benzene rings is 1. The van der Waals surface area contributed by atoms with E-state index in [-0.39, 0.29) is 22.9 Å². The van der Waals surface area contributed by atoms with E-state index in [4.69, 9.17) is 9.92 Å². The predicted octanol–water partition coefficient (Wildman–Crippen LogP) is 1.68. The number of unbranched alkanes of at least 4 members (excludes halogenated alkanes) is 1. The van der Waals surface area contributed by atoms with E-state index in [0.29, 0.717) is 6.42 Å². The van der Waals surface area contributed by atoms with Gasteiger partial charge in [-0.1, -0.05) is 13.3 Å². The summed E-state index contributed by atoms with van der Waals surface area (Å²) in [6.07, 6.45) is 1.36. The Kier molecular flexibility index (Phi) is 4.62. The van der Waals surface area contributed by atoms with Gasteiger partial charge in [0.2, 0.25) is 0 Å². The van der Waals surface area contributed by atoms with Crippen molar-refractivity contribution in [3.63, 3.8) is 0 Å². The number of nitro benzene ring substituents is 1. The van der Waals surface area contributed by atoms with Crippen molar-refractivity contribution in [1.82, 2.24) is 0 Å². The summed E-state index contributed by atoms with van der Waals surface area (Å²) < 4.78 is 28.3. The summed E-state index contributed by atoms with van der Waals surface area (Å²) in [5, 5.41) is 10.6. The van der Waals surface area contributed by atoms with Crippen LogP contribution in [0.4, 0.5) is 11.4 Å². The first-order valence-corrected chi connectivity index (χ1v) is 6.72. The number of hydrogen-bond donors (Lipinski definition) is 1. The Bertz CT molecular complexity index is 541. The first kappa shape index (κ1) is 14.4. The average Bonchev–Trinajstić information content (AvgIpc) is 2.29. The molecule has 0 saturated heterocycles. The van der Waals surface area contributed by atoms with Crippen molar-refractivity contribution in [2.75, 3.05) is 12.3 Å². The minimum atomic E-state index is -4.05. The predicted molar refractivity (Wildman–Crippen MR) is 65.6 cm³/mol. The van der Waals surface area contributed by atoms with E-state index in [9.17, 15) is 18.5 Å². The standard InChI is InChI=1S/C10H14N2O5S/c1-2-3-6-17-18(15,16)10-7-8(12(13)14)4-5-9(10)11/h4-5,7H,2-3,6,11H2,1H3. The Labute approximate surface area is 105 Å². The van der Waals surface area contributed by atoms with Gasteiger partial charge in [0, 0.05) is 12.1 Å². The molecule has 2 N–H and O–H groups in total. The Balaban J connectivity index is 3.07. The van der Waals surface area contributed by atoms with Gasteiger partial charge in [-0.3, -0.25) is 14.3 Å². The van der Waals surface area contributed by atoms with Crippen LogP contribution in [0.3, 0.4) is 0 Å². The number of nitro groups is 1. The van der Waals surface area contributed by atoms with Gasteiger partial charge in [-0.15, -0.1) is 0 Å². The number of hydrogen-bond acceptors (Lipinski definition) is 6. The third-order valence-electron chi connectivity index (χ3n) is 2.21. The second-order valence-electron chi connectivity index (χ2n) is 3.61. The minimum Gasteiger partial charge on any atom is -0.398 e. The van der Waals surface area contributed by atoms with E-state index in [0.717, 1.165) is 18.6 Å². The number of nitrogens with zero attached hydrogens (tertiary/aromatic N) is 1. The van der Waals surface area contributed by atoms with Gasteiger partial charge in [0.05, 0.1) is 17.2 Å². The number of rotatable bonds is 6. The molecule has 0 saturated carbocycles. The Morgan fingerprint density at radius 1 is 1.44 bits per heavy atom. The fourth-order valence-corrected chi connectivity index (χ4v) is 2.32. The van der Waals surface area contributed by atoms with E-state index < -0.39 is 15.0 Å². The summed E-state index contributed by atoms with van der Waals surface area (Å²) in [5.74, 6) is 0. The van der Waals surface area contributed by atoms with Crippen LogP contribution in [-0.2, 0) is 14.3 Å². The van der Waals surface area contributed by atoms with Gasteiger partial charge in [-0.05, 0) is 12.5 Å². The molecule has 0 heterocycles. The van der Waals surface area contributed by atoms with Crippen LogP contribution in [0.15, 0.2) is 23.1 Å². The van der Waals surface area contributed by atoms with Crippen molar-refractivity contribution in [2.24, 2.45) is 0 Å². The highest BCUT2D eigenvalue weighted by atomic mass is 32.2. The van der Waals surface area contributed by atoms with Crippen LogP contribution in [0.1, 0.15) is 19.8 Å². The van der Waals surface area contributed by atoms with Gasteiger partial charge in [0.1, 0.15) is 4.90 Å². The lowest BCUT2D eigenvalue weighted by atomic mass is 10.3. The smallest absolute Gasteiger partial charge is 0.299 e. The Morgan fingerprint density at radius 2 is 2.11 bits per heavy atom. The lowest BCUT2D eigenvalue weighted by Crippen LogP contribution is -2.10. The number of non-ortho nitro benzene ring substituents is 1. The van der Waals surface area contributed by atoms with Crippen LogP contribution in [0.5, 0.6) is 0 Å². The van der Waals surface area contributed by atoms with E-state index in [1.165, 1.54) is 6.07 Å². The van der Waals surface area contributed by atoms with E-state index >= 15 is 0 Å². The van der Waals surface area contributed by atoms with Gasteiger partial charge < -0.3 is 5.73 Å². The fourth-order valence-electron chi connectivity index (χ4n) is 1.23. The number of nitrogen functional groups attached to an aromatic ring is 1. The summed E-state index contributed by atoms with van der Waals surface area (Å²) >= 11 is 0. The molecule has 0 unspecified atom stereocenters. The van der Waals surface area contributed by atoms with Crippen LogP contribution in [-0.4, -0.2) is 19.9 Å². The molecule has 18 heavy (non-hydrogen) atoms. The number of anilines is 1. The molecule has 0 atom stereocenters. The number of nitrogens with two attached hydrogens (primary N) is 1. The largest absolute Gasteiger partial charge is 0.398 e. The third-order valence-corrected chi connectivity index (χ3v) is 3.58. The highest BCUT2D eigenvalue weighted by Gasteiger charge is 2.21. The molecule has 0 radical (unpaired) electrons. The van der Waals surface area contributed by atoms with Crippen molar-refractivity contribution in [3.8, 4) is 0 Å². The molecule has 0 aromatic heterocycles. The zero-order valence-electron chi connectivity index (χ0n) is 9.83. The SMILES string of the molecule is CCCCOS(=O)(=O)c1cc([N+](=O)[O-])ccc1N. The summed E-state index contributed by atoms with van der Waals surface area (Å²) in [4.78, 5) is 9.52. The minimum absolute atomic E-state index is 0.0287. The molecule has 0 spiro atoms. The lowest BCUT2D eigenvalue weighted by Gasteiger charge is -2.07. The molecule has 7 nitrogen and oxygen atoms in total. The van der Waals surface area contributed by atoms with Crippen molar-refractivity contribution < 1.29 is 17.5 Å². The second kappa shape index (κ2) is 5.78. The molecule has 0 bridgehead atoms. The van der Waals surface area contributed by atoms with Crippen LogP contribution in [0.25, 0.3) is 0 Å². The zero-order valence-corrected chi connectivity index (χ0v) is 10.6. The Hall–Kier alpha value is -1.67. The molecule has 1 rings (SSSR count). The van der Waals surface area contributed by atoms with Crippen molar-refractivity contribution in [1.29, 1.82) is 0 Å². The van der Waals surface area contributed by atoms with Gasteiger partial charge in [-0.2, -0.15) is 8.42 Å². The molecule has 0 amide bonds. The normalized spacial score (nSPS) is 11.4. The molecule has 1 aromatic rings. The summed E-state index contributed by atoms with van der Waals surface area (Å²) in [6.45, 7) is 1.92. The fraction of sp³-hybridized carbons (Fsp3) is 0.400. The molecule has 8 heteroatoms. The topological polar surface area (TPSA) is 113 Å². The van der Waals surface area contributed by atoms with Crippen molar-refractivity contribution >= 4 is 21.5 Å². The highest BCUT2D eigenvalue weighted by molar-refractivity contribution is 7.87. The van der Waals surface area contributed by atoms with Crippen molar-refractivity contribution in [3.05, 3.63) is 28.3 Å². The molecule has 0 aliphatic carbocycles. The molecule has 0 aliphatic heterocycles. The maximum absolute atomic E-state index is 11.8. The summed E-state index contributed by atoms with van der Waals surface area (Å²) in [6, 6.07) is 3.21. The van der Waals surface area contributed by atoms with Crippen LogP contribution in [0.2, 0.25) is 0 Å². The van der Waals surface area contributed by atoms with Gasteiger partial charge in [0.25, 0.3) is 15.8 Å². The molecular formula is C10H14N2O5S. The zero-order chi connectivity index (χ0) is 13.8. The molecule has 1 aromatic carbocycles. The lowest BCUT2D eigenvalue weighted by molar-refractivity contribution is -0.385. The summed E-state index contributed by atoms with van der Waals surface area (Å²) in [7, 11) is -4.05. The van der Waals surface area contributed by atoms with Crippen molar-refractivity contribution in [2.45, 2.75) is 24.7 Å².